The second-order valence-electron chi connectivity index (χ2n) is 6.55. The van der Waals surface area contributed by atoms with E-state index in [-0.39, 0.29) is 5.91 Å². The topological polar surface area (TPSA) is 84.8 Å². The molecule has 1 aliphatic heterocycles. The lowest BCUT2D eigenvalue weighted by molar-refractivity contribution is 0.0614. The minimum absolute atomic E-state index is 0.00368. The standard InChI is InChI=1S/C20H22N4O4/c1-2-27-17-5-3-15(4-6-17)19-21-18(28-22-19)13-23-8-10-24(11-9-23)20(25)16-7-12-26-14-16/h3-7,12,14H,2,8-11,13H2,1H3. The van der Waals surface area contributed by atoms with Gasteiger partial charge in [-0.3, -0.25) is 9.69 Å². The summed E-state index contributed by atoms with van der Waals surface area (Å²) in [7, 11) is 0. The number of furan rings is 1. The van der Waals surface area contributed by atoms with Crippen molar-refractivity contribution in [2.24, 2.45) is 0 Å². The van der Waals surface area contributed by atoms with Gasteiger partial charge in [-0.15, -0.1) is 0 Å². The number of aromatic nitrogens is 2. The number of rotatable bonds is 6. The summed E-state index contributed by atoms with van der Waals surface area (Å²) in [6.07, 6.45) is 3.00. The number of carbonyl (C=O) groups excluding carboxylic acids is 1. The van der Waals surface area contributed by atoms with Gasteiger partial charge in [0, 0.05) is 31.7 Å². The molecule has 0 N–H and O–H groups in total. The number of amides is 1. The second kappa shape index (κ2) is 8.26. The van der Waals surface area contributed by atoms with Crippen molar-refractivity contribution >= 4 is 5.91 Å². The number of benzene rings is 1. The van der Waals surface area contributed by atoms with Crippen molar-refractivity contribution in [2.45, 2.75) is 13.5 Å². The van der Waals surface area contributed by atoms with Crippen LogP contribution in [0.2, 0.25) is 0 Å². The van der Waals surface area contributed by atoms with Crippen LogP contribution in [0.15, 0.2) is 51.8 Å². The molecule has 1 saturated heterocycles. The van der Waals surface area contributed by atoms with Crippen molar-refractivity contribution < 1.29 is 18.5 Å². The van der Waals surface area contributed by atoms with Gasteiger partial charge in [0.05, 0.1) is 25.0 Å². The van der Waals surface area contributed by atoms with Gasteiger partial charge in [0.2, 0.25) is 11.7 Å². The number of hydrogen-bond donors (Lipinski definition) is 0. The Morgan fingerprint density at radius 1 is 1.14 bits per heavy atom. The van der Waals surface area contributed by atoms with Crippen LogP contribution in [0.1, 0.15) is 23.2 Å². The molecule has 0 unspecified atom stereocenters. The number of ether oxygens (including phenoxy) is 1. The Kier molecular flexibility index (Phi) is 5.38. The first-order chi connectivity index (χ1) is 13.7. The van der Waals surface area contributed by atoms with Gasteiger partial charge >= 0.3 is 0 Å². The Hall–Kier alpha value is -3.13. The van der Waals surface area contributed by atoms with Crippen molar-refractivity contribution in [2.75, 3.05) is 32.8 Å². The molecule has 8 heteroatoms. The first kappa shape index (κ1) is 18.2. The van der Waals surface area contributed by atoms with Gasteiger partial charge in [0.15, 0.2) is 0 Å². The van der Waals surface area contributed by atoms with E-state index in [9.17, 15) is 4.79 Å². The summed E-state index contributed by atoms with van der Waals surface area (Å²) in [6, 6.07) is 9.31. The van der Waals surface area contributed by atoms with E-state index >= 15 is 0 Å². The molecule has 0 aliphatic carbocycles. The molecule has 1 fully saturated rings. The fraction of sp³-hybridized carbons (Fsp3) is 0.350. The normalized spacial score (nSPS) is 15.0. The number of nitrogens with zero attached hydrogens (tertiary/aromatic N) is 4. The van der Waals surface area contributed by atoms with Crippen LogP contribution in [0.4, 0.5) is 0 Å². The van der Waals surface area contributed by atoms with Crippen LogP contribution in [0, 0.1) is 0 Å². The van der Waals surface area contributed by atoms with Gasteiger partial charge in [0.25, 0.3) is 5.91 Å². The summed E-state index contributed by atoms with van der Waals surface area (Å²) >= 11 is 0. The predicted molar refractivity (Wildman–Crippen MR) is 101 cm³/mol. The Balaban J connectivity index is 1.32. The lowest BCUT2D eigenvalue weighted by Gasteiger charge is -2.33. The molecule has 1 aliphatic rings. The van der Waals surface area contributed by atoms with E-state index in [0.717, 1.165) is 24.4 Å². The number of piperazine rings is 1. The third kappa shape index (κ3) is 4.07. The molecule has 3 heterocycles. The first-order valence-electron chi connectivity index (χ1n) is 9.32. The molecule has 1 amide bonds. The van der Waals surface area contributed by atoms with Gasteiger partial charge in [-0.2, -0.15) is 4.98 Å². The summed E-state index contributed by atoms with van der Waals surface area (Å²) in [4.78, 5) is 20.9. The van der Waals surface area contributed by atoms with E-state index in [0.29, 0.717) is 43.5 Å². The summed E-state index contributed by atoms with van der Waals surface area (Å²) < 4.78 is 15.8. The molecule has 0 bridgehead atoms. The smallest absolute Gasteiger partial charge is 0.257 e. The highest BCUT2D eigenvalue weighted by molar-refractivity contribution is 5.93. The average Bonchev–Trinajstić information content (AvgIpc) is 3.41. The van der Waals surface area contributed by atoms with Crippen molar-refractivity contribution in [3.05, 3.63) is 54.3 Å². The molecule has 28 heavy (non-hydrogen) atoms. The van der Waals surface area contributed by atoms with E-state index in [1.807, 2.05) is 36.1 Å². The molecule has 0 atom stereocenters. The third-order valence-corrected chi connectivity index (χ3v) is 4.68. The summed E-state index contributed by atoms with van der Waals surface area (Å²) in [5.41, 5.74) is 1.47. The van der Waals surface area contributed by atoms with E-state index < -0.39 is 0 Å². The minimum atomic E-state index is 0.00368. The molecule has 3 aromatic rings. The average molecular weight is 382 g/mol. The fourth-order valence-corrected chi connectivity index (χ4v) is 3.17. The van der Waals surface area contributed by atoms with Crippen LogP contribution in [0.5, 0.6) is 5.75 Å². The molecule has 2 aromatic heterocycles. The molecular weight excluding hydrogens is 360 g/mol. The maximum absolute atomic E-state index is 12.3. The van der Waals surface area contributed by atoms with Crippen molar-refractivity contribution in [1.82, 2.24) is 19.9 Å². The van der Waals surface area contributed by atoms with Gasteiger partial charge in [-0.25, -0.2) is 0 Å². The Morgan fingerprint density at radius 2 is 1.93 bits per heavy atom. The van der Waals surface area contributed by atoms with E-state index in [1.165, 1.54) is 12.5 Å². The zero-order valence-electron chi connectivity index (χ0n) is 15.7. The number of hydrogen-bond acceptors (Lipinski definition) is 7. The Bertz CT molecular complexity index is 897. The first-order valence-corrected chi connectivity index (χ1v) is 9.32. The maximum Gasteiger partial charge on any atom is 0.257 e. The van der Waals surface area contributed by atoms with Crippen LogP contribution in [0.3, 0.4) is 0 Å². The van der Waals surface area contributed by atoms with Crippen molar-refractivity contribution in [3.63, 3.8) is 0 Å². The largest absolute Gasteiger partial charge is 0.494 e. The minimum Gasteiger partial charge on any atom is -0.494 e. The van der Waals surface area contributed by atoms with Gasteiger partial charge in [-0.1, -0.05) is 5.16 Å². The fourth-order valence-electron chi connectivity index (χ4n) is 3.17. The molecule has 0 spiro atoms. The van der Waals surface area contributed by atoms with Crippen LogP contribution >= 0.6 is 0 Å². The maximum atomic E-state index is 12.3. The SMILES string of the molecule is CCOc1ccc(-c2noc(CN3CCN(C(=O)c4ccoc4)CC3)n2)cc1. The van der Waals surface area contributed by atoms with Crippen LogP contribution in [0.25, 0.3) is 11.4 Å². The molecule has 4 rings (SSSR count). The highest BCUT2D eigenvalue weighted by Crippen LogP contribution is 2.20. The highest BCUT2D eigenvalue weighted by Gasteiger charge is 2.24. The van der Waals surface area contributed by atoms with Gasteiger partial charge < -0.3 is 18.6 Å². The lowest BCUT2D eigenvalue weighted by Crippen LogP contribution is -2.48. The highest BCUT2D eigenvalue weighted by atomic mass is 16.5. The molecule has 0 saturated carbocycles. The van der Waals surface area contributed by atoms with E-state index in [4.69, 9.17) is 13.7 Å². The second-order valence-corrected chi connectivity index (χ2v) is 6.55. The monoisotopic (exact) mass is 382 g/mol. The van der Waals surface area contributed by atoms with E-state index in [2.05, 4.69) is 15.0 Å². The van der Waals surface area contributed by atoms with Crippen LogP contribution in [-0.4, -0.2) is 58.6 Å². The van der Waals surface area contributed by atoms with Gasteiger partial charge in [0.1, 0.15) is 12.0 Å². The molecular formula is C20H22N4O4. The molecule has 1 aromatic carbocycles. The van der Waals surface area contributed by atoms with Crippen molar-refractivity contribution in [1.29, 1.82) is 0 Å². The van der Waals surface area contributed by atoms with Crippen LogP contribution in [-0.2, 0) is 6.54 Å². The van der Waals surface area contributed by atoms with Gasteiger partial charge in [-0.05, 0) is 37.3 Å². The van der Waals surface area contributed by atoms with Crippen LogP contribution < -0.4 is 4.74 Å². The summed E-state index contributed by atoms with van der Waals surface area (Å²) in [5, 5.41) is 4.08. The Morgan fingerprint density at radius 3 is 2.61 bits per heavy atom. The molecule has 0 radical (unpaired) electrons. The zero-order chi connectivity index (χ0) is 19.3. The molecule has 8 nitrogen and oxygen atoms in total. The van der Waals surface area contributed by atoms with E-state index in [1.54, 1.807) is 6.07 Å². The zero-order valence-corrected chi connectivity index (χ0v) is 15.7. The summed E-state index contributed by atoms with van der Waals surface area (Å²) in [6.45, 7) is 5.97. The summed E-state index contributed by atoms with van der Waals surface area (Å²) in [5.74, 6) is 1.95. The predicted octanol–water partition coefficient (Wildman–Crippen LogP) is 2.69. The Labute approximate surface area is 162 Å². The quantitative estimate of drug-likeness (QED) is 0.648. The third-order valence-electron chi connectivity index (χ3n) is 4.68. The van der Waals surface area contributed by atoms with Crippen molar-refractivity contribution in [3.8, 4) is 17.1 Å². The number of carbonyl (C=O) groups is 1. The molecule has 146 valence electrons. The lowest BCUT2D eigenvalue weighted by atomic mass is 10.2.